The second-order valence-electron chi connectivity index (χ2n) is 7.48. The van der Waals surface area contributed by atoms with Gasteiger partial charge in [-0.15, -0.1) is 0 Å². The first kappa shape index (κ1) is 20.1. The van der Waals surface area contributed by atoms with Gasteiger partial charge in [-0.2, -0.15) is 4.98 Å². The van der Waals surface area contributed by atoms with E-state index < -0.39 is 0 Å². The number of rotatable bonds is 8. The van der Waals surface area contributed by atoms with Gasteiger partial charge in [0.25, 0.3) is 0 Å². The Labute approximate surface area is 170 Å². The number of aromatic nitrogens is 2. The zero-order valence-corrected chi connectivity index (χ0v) is 16.9. The number of hydrogen-bond acceptors (Lipinski definition) is 6. The molecule has 0 radical (unpaired) electrons. The van der Waals surface area contributed by atoms with Gasteiger partial charge in [0.1, 0.15) is 12.7 Å². The predicted molar refractivity (Wildman–Crippen MR) is 109 cm³/mol. The van der Waals surface area contributed by atoms with Gasteiger partial charge in [0.05, 0.1) is 25.5 Å². The molecular weight excluding hydrogens is 372 g/mol. The van der Waals surface area contributed by atoms with Gasteiger partial charge >= 0.3 is 5.69 Å². The monoisotopic (exact) mass is 400 g/mol. The van der Waals surface area contributed by atoms with Crippen molar-refractivity contribution < 1.29 is 18.9 Å². The van der Waals surface area contributed by atoms with Crippen molar-refractivity contribution in [3.8, 4) is 17.1 Å². The number of aryl methyl sites for hydroxylation is 2. The van der Waals surface area contributed by atoms with Gasteiger partial charge < -0.3 is 18.9 Å². The number of ether oxygens (including phenoxy) is 4. The van der Waals surface area contributed by atoms with Crippen molar-refractivity contribution in [1.29, 1.82) is 0 Å². The van der Waals surface area contributed by atoms with Gasteiger partial charge in [0.15, 0.2) is 0 Å². The lowest BCUT2D eigenvalue weighted by atomic mass is 9.94. The predicted octanol–water partition coefficient (Wildman–Crippen LogP) is 2.23. The van der Waals surface area contributed by atoms with Crippen molar-refractivity contribution in [2.45, 2.75) is 38.3 Å². The number of benzene rings is 1. The minimum atomic E-state index is -0.271. The van der Waals surface area contributed by atoms with E-state index in [1.165, 1.54) is 11.1 Å². The fourth-order valence-corrected chi connectivity index (χ4v) is 3.88. The SMILES string of the molecule is COCCCCc1ccc2c(c1)CCn1c-2cc(OCC2COCCO2)nc1=O. The van der Waals surface area contributed by atoms with E-state index in [0.717, 1.165) is 43.5 Å². The Morgan fingerprint density at radius 3 is 3.00 bits per heavy atom. The van der Waals surface area contributed by atoms with E-state index in [9.17, 15) is 4.79 Å². The van der Waals surface area contributed by atoms with Crippen LogP contribution < -0.4 is 10.4 Å². The van der Waals surface area contributed by atoms with Crippen molar-refractivity contribution >= 4 is 0 Å². The van der Waals surface area contributed by atoms with Crippen molar-refractivity contribution in [3.63, 3.8) is 0 Å². The third-order valence-electron chi connectivity index (χ3n) is 5.40. The number of fused-ring (bicyclic) bond motifs is 3. The molecule has 2 aliphatic heterocycles. The molecule has 0 saturated carbocycles. The Morgan fingerprint density at radius 1 is 1.24 bits per heavy atom. The Balaban J connectivity index is 1.50. The summed E-state index contributed by atoms with van der Waals surface area (Å²) in [6.07, 6.45) is 3.92. The molecular formula is C22H28N2O5. The topological polar surface area (TPSA) is 71.8 Å². The highest BCUT2D eigenvalue weighted by Gasteiger charge is 2.21. The lowest BCUT2D eigenvalue weighted by Crippen LogP contribution is -2.34. The maximum Gasteiger partial charge on any atom is 0.351 e. The van der Waals surface area contributed by atoms with Gasteiger partial charge in [-0.05, 0) is 36.8 Å². The highest BCUT2D eigenvalue weighted by atomic mass is 16.6. The van der Waals surface area contributed by atoms with E-state index in [1.54, 1.807) is 11.7 Å². The summed E-state index contributed by atoms with van der Waals surface area (Å²) in [5.74, 6) is 0.340. The largest absolute Gasteiger partial charge is 0.475 e. The fourth-order valence-electron chi connectivity index (χ4n) is 3.88. The maximum absolute atomic E-state index is 12.5. The minimum Gasteiger partial charge on any atom is -0.475 e. The summed E-state index contributed by atoms with van der Waals surface area (Å²) in [5.41, 5.74) is 4.28. The Bertz CT molecular complexity index is 889. The molecule has 0 bridgehead atoms. The molecule has 0 N–H and O–H groups in total. The van der Waals surface area contributed by atoms with Crippen LogP contribution in [0.15, 0.2) is 29.1 Å². The van der Waals surface area contributed by atoms with Crippen LogP contribution in [0.3, 0.4) is 0 Å². The second kappa shape index (κ2) is 9.52. The average Bonchev–Trinajstić information content (AvgIpc) is 2.76. The zero-order valence-electron chi connectivity index (χ0n) is 16.9. The lowest BCUT2D eigenvalue weighted by Gasteiger charge is -2.24. The third-order valence-corrected chi connectivity index (χ3v) is 5.40. The van der Waals surface area contributed by atoms with Crippen molar-refractivity contribution in [2.75, 3.05) is 40.1 Å². The first-order chi connectivity index (χ1) is 14.2. The van der Waals surface area contributed by atoms with Crippen molar-refractivity contribution in [1.82, 2.24) is 9.55 Å². The Hall–Kier alpha value is -2.22. The van der Waals surface area contributed by atoms with Crippen LogP contribution in [-0.2, 0) is 33.6 Å². The summed E-state index contributed by atoms with van der Waals surface area (Å²) < 4.78 is 23.6. The smallest absolute Gasteiger partial charge is 0.351 e. The first-order valence-electron chi connectivity index (χ1n) is 10.3. The van der Waals surface area contributed by atoms with E-state index in [2.05, 4.69) is 23.2 Å². The summed E-state index contributed by atoms with van der Waals surface area (Å²) >= 11 is 0. The summed E-state index contributed by atoms with van der Waals surface area (Å²) in [6, 6.07) is 8.40. The van der Waals surface area contributed by atoms with Crippen LogP contribution in [0.4, 0.5) is 0 Å². The maximum atomic E-state index is 12.5. The molecule has 2 aromatic rings. The van der Waals surface area contributed by atoms with Crippen LogP contribution in [0, 0.1) is 0 Å². The normalized spacial score (nSPS) is 18.2. The van der Waals surface area contributed by atoms with Gasteiger partial charge in [-0.1, -0.05) is 18.2 Å². The molecule has 1 atom stereocenters. The van der Waals surface area contributed by atoms with Gasteiger partial charge in [-0.3, -0.25) is 4.57 Å². The highest BCUT2D eigenvalue weighted by molar-refractivity contribution is 5.67. The summed E-state index contributed by atoms with van der Waals surface area (Å²) in [4.78, 5) is 16.6. The molecule has 0 spiro atoms. The minimum absolute atomic E-state index is 0.128. The molecule has 2 aliphatic rings. The summed E-state index contributed by atoms with van der Waals surface area (Å²) in [6.45, 7) is 3.44. The number of methoxy groups -OCH3 is 1. The molecule has 3 heterocycles. The van der Waals surface area contributed by atoms with E-state index in [4.69, 9.17) is 18.9 Å². The number of nitrogens with zero attached hydrogens (tertiary/aromatic N) is 2. The molecule has 1 unspecified atom stereocenters. The third kappa shape index (κ3) is 4.86. The summed E-state index contributed by atoms with van der Waals surface area (Å²) in [5, 5.41) is 0. The van der Waals surface area contributed by atoms with E-state index in [0.29, 0.717) is 38.9 Å². The van der Waals surface area contributed by atoms with E-state index in [1.807, 2.05) is 6.07 Å². The molecule has 1 aromatic heterocycles. The second-order valence-corrected chi connectivity index (χ2v) is 7.48. The molecule has 156 valence electrons. The van der Waals surface area contributed by atoms with Crippen molar-refractivity contribution in [3.05, 3.63) is 45.9 Å². The molecule has 7 nitrogen and oxygen atoms in total. The standard InChI is InChI=1S/C22H28N2O5/c1-26-9-3-2-4-16-5-6-19-17(12-16)7-8-24-20(19)13-21(23-22(24)25)29-15-18-14-27-10-11-28-18/h5-6,12-13,18H,2-4,7-11,14-15H2,1H3. The van der Waals surface area contributed by atoms with Gasteiger partial charge in [-0.25, -0.2) is 4.79 Å². The molecule has 1 fully saturated rings. The molecule has 0 amide bonds. The van der Waals surface area contributed by atoms with E-state index in [-0.39, 0.29) is 11.8 Å². The Morgan fingerprint density at radius 2 is 2.17 bits per heavy atom. The fraction of sp³-hybridized carbons (Fsp3) is 0.545. The Kier molecular flexibility index (Phi) is 6.59. The highest BCUT2D eigenvalue weighted by Crippen LogP contribution is 2.30. The van der Waals surface area contributed by atoms with Gasteiger partial charge in [0, 0.05) is 31.9 Å². The zero-order chi connectivity index (χ0) is 20.1. The first-order valence-corrected chi connectivity index (χ1v) is 10.3. The summed E-state index contributed by atoms with van der Waals surface area (Å²) in [7, 11) is 1.74. The van der Waals surface area contributed by atoms with Crippen molar-refractivity contribution in [2.24, 2.45) is 0 Å². The van der Waals surface area contributed by atoms with Crippen LogP contribution in [0.5, 0.6) is 5.88 Å². The van der Waals surface area contributed by atoms with Crippen LogP contribution in [0.1, 0.15) is 24.0 Å². The number of unbranched alkanes of at least 4 members (excludes halogenated alkanes) is 1. The van der Waals surface area contributed by atoms with Crippen LogP contribution in [0.25, 0.3) is 11.3 Å². The number of hydrogen-bond donors (Lipinski definition) is 0. The molecule has 1 aromatic carbocycles. The van der Waals surface area contributed by atoms with Crippen LogP contribution in [-0.4, -0.2) is 55.8 Å². The molecule has 4 rings (SSSR count). The quantitative estimate of drug-likeness (QED) is 0.633. The lowest BCUT2D eigenvalue weighted by molar-refractivity contribution is -0.102. The van der Waals surface area contributed by atoms with Gasteiger partial charge in [0.2, 0.25) is 5.88 Å². The van der Waals surface area contributed by atoms with E-state index >= 15 is 0 Å². The molecule has 7 heteroatoms. The van der Waals surface area contributed by atoms with Crippen LogP contribution in [0.2, 0.25) is 0 Å². The molecule has 0 aliphatic carbocycles. The van der Waals surface area contributed by atoms with Crippen LogP contribution >= 0.6 is 0 Å². The molecule has 1 saturated heterocycles. The average molecular weight is 400 g/mol. The molecule has 29 heavy (non-hydrogen) atoms.